The van der Waals surface area contributed by atoms with Gasteiger partial charge in [0.25, 0.3) is 15.9 Å². The summed E-state index contributed by atoms with van der Waals surface area (Å²) in [7, 11) is -2.43. The van der Waals surface area contributed by atoms with Crippen LogP contribution in [0, 0.1) is 13.8 Å². The fourth-order valence-corrected chi connectivity index (χ4v) is 3.97. The summed E-state index contributed by atoms with van der Waals surface area (Å²) in [5, 5.41) is 3.20. The molecule has 3 aromatic carbocycles. The molecule has 3 aromatic rings. The van der Waals surface area contributed by atoms with Crippen molar-refractivity contribution in [3.05, 3.63) is 82.4 Å². The molecule has 0 bridgehead atoms. The summed E-state index contributed by atoms with van der Waals surface area (Å²) in [6.45, 7) is 3.86. The maximum Gasteiger partial charge on any atom is 0.261 e. The summed E-state index contributed by atoms with van der Waals surface area (Å²) in [5.41, 5.74) is 3.11. The predicted molar refractivity (Wildman–Crippen MR) is 119 cm³/mol. The van der Waals surface area contributed by atoms with Crippen LogP contribution in [0.5, 0.6) is 5.75 Å². The number of hydrogen-bond donors (Lipinski definition) is 2. The van der Waals surface area contributed by atoms with E-state index in [1.807, 2.05) is 19.9 Å². The van der Waals surface area contributed by atoms with Crippen molar-refractivity contribution < 1.29 is 17.9 Å². The number of benzene rings is 3. The molecule has 8 heteroatoms. The highest BCUT2D eigenvalue weighted by Gasteiger charge is 2.18. The van der Waals surface area contributed by atoms with Gasteiger partial charge < -0.3 is 10.1 Å². The number of amides is 1. The second kappa shape index (κ2) is 8.77. The smallest absolute Gasteiger partial charge is 0.261 e. The normalized spacial score (nSPS) is 11.1. The molecule has 30 heavy (non-hydrogen) atoms. The maximum absolute atomic E-state index is 12.9. The molecule has 0 saturated carbocycles. The van der Waals surface area contributed by atoms with Crippen LogP contribution in [0.2, 0.25) is 5.02 Å². The zero-order valence-electron chi connectivity index (χ0n) is 16.7. The summed E-state index contributed by atoms with van der Waals surface area (Å²) in [6, 6.07) is 15.9. The molecule has 0 unspecified atom stereocenters. The first-order chi connectivity index (χ1) is 14.2. The van der Waals surface area contributed by atoms with Gasteiger partial charge in [-0.2, -0.15) is 0 Å². The van der Waals surface area contributed by atoms with E-state index < -0.39 is 15.9 Å². The fraction of sp³-hybridized carbons (Fsp3) is 0.136. The SMILES string of the molecule is COc1ccc(S(=O)(=O)Nc2ccc(C)c(C)c2)cc1NC(=O)c1ccc(Cl)cc1. The summed E-state index contributed by atoms with van der Waals surface area (Å²) < 4.78 is 33.6. The highest BCUT2D eigenvalue weighted by molar-refractivity contribution is 7.92. The zero-order valence-corrected chi connectivity index (χ0v) is 18.3. The van der Waals surface area contributed by atoms with Crippen molar-refractivity contribution in [1.82, 2.24) is 0 Å². The molecule has 0 spiro atoms. The molecule has 156 valence electrons. The first-order valence-electron chi connectivity index (χ1n) is 9.04. The van der Waals surface area contributed by atoms with E-state index >= 15 is 0 Å². The van der Waals surface area contributed by atoms with Crippen LogP contribution >= 0.6 is 11.6 Å². The van der Waals surface area contributed by atoms with Crippen molar-refractivity contribution in [3.63, 3.8) is 0 Å². The Kier molecular flexibility index (Phi) is 6.34. The van der Waals surface area contributed by atoms with Crippen molar-refractivity contribution in [2.45, 2.75) is 18.7 Å². The van der Waals surface area contributed by atoms with Crippen LogP contribution in [-0.2, 0) is 10.0 Å². The topological polar surface area (TPSA) is 84.5 Å². The first-order valence-corrected chi connectivity index (χ1v) is 10.9. The summed E-state index contributed by atoms with van der Waals surface area (Å²) in [4.78, 5) is 12.5. The number of carbonyl (C=O) groups is 1. The average molecular weight is 445 g/mol. The van der Waals surface area contributed by atoms with Crippen molar-refractivity contribution in [1.29, 1.82) is 0 Å². The van der Waals surface area contributed by atoms with E-state index in [-0.39, 0.29) is 10.6 Å². The molecule has 0 aliphatic rings. The number of hydrogen-bond acceptors (Lipinski definition) is 4. The molecular formula is C22H21ClN2O4S. The molecule has 0 fully saturated rings. The van der Waals surface area contributed by atoms with E-state index in [2.05, 4.69) is 10.0 Å². The lowest BCUT2D eigenvalue weighted by Crippen LogP contribution is -2.16. The Balaban J connectivity index is 1.89. The third-order valence-electron chi connectivity index (χ3n) is 4.59. The number of aryl methyl sites for hydroxylation is 2. The maximum atomic E-state index is 12.9. The lowest BCUT2D eigenvalue weighted by molar-refractivity contribution is 0.102. The second-order valence-electron chi connectivity index (χ2n) is 6.73. The van der Waals surface area contributed by atoms with Gasteiger partial charge in [-0.3, -0.25) is 9.52 Å². The number of anilines is 2. The van der Waals surface area contributed by atoms with E-state index in [4.69, 9.17) is 16.3 Å². The quantitative estimate of drug-likeness (QED) is 0.559. The molecule has 2 N–H and O–H groups in total. The van der Waals surface area contributed by atoms with Gasteiger partial charge in [0.2, 0.25) is 0 Å². The third-order valence-corrected chi connectivity index (χ3v) is 6.23. The number of sulfonamides is 1. The van der Waals surface area contributed by atoms with Gasteiger partial charge in [-0.15, -0.1) is 0 Å². The molecule has 1 amide bonds. The molecule has 0 saturated heterocycles. The lowest BCUT2D eigenvalue weighted by atomic mass is 10.1. The Morgan fingerprint density at radius 1 is 0.933 bits per heavy atom. The molecule has 3 rings (SSSR count). The number of carbonyl (C=O) groups excluding carboxylic acids is 1. The minimum absolute atomic E-state index is 0.00654. The average Bonchev–Trinajstić information content (AvgIpc) is 2.71. The highest BCUT2D eigenvalue weighted by Crippen LogP contribution is 2.29. The van der Waals surface area contributed by atoms with E-state index in [1.54, 1.807) is 36.4 Å². The Bertz CT molecular complexity index is 1190. The monoisotopic (exact) mass is 444 g/mol. The number of rotatable bonds is 6. The van der Waals surface area contributed by atoms with Gasteiger partial charge in [-0.25, -0.2) is 8.42 Å². The largest absolute Gasteiger partial charge is 0.495 e. The van der Waals surface area contributed by atoms with Gasteiger partial charge in [-0.05, 0) is 79.6 Å². The highest BCUT2D eigenvalue weighted by atomic mass is 35.5. The van der Waals surface area contributed by atoms with E-state index in [1.165, 1.54) is 25.3 Å². The van der Waals surface area contributed by atoms with Gasteiger partial charge in [-0.1, -0.05) is 17.7 Å². The van der Waals surface area contributed by atoms with Gasteiger partial charge >= 0.3 is 0 Å². The summed E-state index contributed by atoms with van der Waals surface area (Å²) in [5.74, 6) is -0.0796. The Hall–Kier alpha value is -3.03. The van der Waals surface area contributed by atoms with Gasteiger partial charge in [0.1, 0.15) is 5.75 Å². The van der Waals surface area contributed by atoms with Crippen molar-refractivity contribution in [3.8, 4) is 5.75 Å². The standard InChI is InChI=1S/C22H21ClN2O4S/c1-14-4-9-18(12-15(14)2)25-30(27,28)19-10-11-21(29-3)20(13-19)24-22(26)16-5-7-17(23)8-6-16/h4-13,25H,1-3H3,(H,24,26). The van der Waals surface area contributed by atoms with E-state index in [0.717, 1.165) is 11.1 Å². The van der Waals surface area contributed by atoms with Crippen molar-refractivity contribution >= 4 is 38.9 Å². The molecule has 0 aliphatic heterocycles. The molecule has 0 aliphatic carbocycles. The summed E-state index contributed by atoms with van der Waals surface area (Å²) >= 11 is 5.85. The van der Waals surface area contributed by atoms with Crippen LogP contribution in [-0.4, -0.2) is 21.4 Å². The Morgan fingerprint density at radius 2 is 1.63 bits per heavy atom. The number of halogens is 1. The number of methoxy groups -OCH3 is 1. The van der Waals surface area contributed by atoms with E-state index in [0.29, 0.717) is 22.0 Å². The predicted octanol–water partition coefficient (Wildman–Crippen LogP) is 5.02. The van der Waals surface area contributed by atoms with Crippen molar-refractivity contribution in [2.75, 3.05) is 17.1 Å². The molecule has 0 atom stereocenters. The van der Waals surface area contributed by atoms with Crippen molar-refractivity contribution in [2.24, 2.45) is 0 Å². The van der Waals surface area contributed by atoms with Crippen LogP contribution in [0.25, 0.3) is 0 Å². The van der Waals surface area contributed by atoms with Crippen LogP contribution in [0.4, 0.5) is 11.4 Å². The molecule has 0 heterocycles. The fourth-order valence-electron chi connectivity index (χ4n) is 2.77. The van der Waals surface area contributed by atoms with Crippen LogP contribution in [0.15, 0.2) is 65.6 Å². The summed E-state index contributed by atoms with van der Waals surface area (Å²) in [6.07, 6.45) is 0. The van der Waals surface area contributed by atoms with E-state index in [9.17, 15) is 13.2 Å². The lowest BCUT2D eigenvalue weighted by Gasteiger charge is -2.14. The minimum Gasteiger partial charge on any atom is -0.495 e. The number of ether oxygens (including phenoxy) is 1. The van der Waals surface area contributed by atoms with Crippen LogP contribution < -0.4 is 14.8 Å². The molecular weight excluding hydrogens is 424 g/mol. The molecule has 0 aromatic heterocycles. The molecule has 0 radical (unpaired) electrons. The van der Waals surface area contributed by atoms with Crippen LogP contribution in [0.1, 0.15) is 21.5 Å². The number of nitrogens with one attached hydrogen (secondary N) is 2. The second-order valence-corrected chi connectivity index (χ2v) is 8.85. The van der Waals surface area contributed by atoms with Gasteiger partial charge in [0.15, 0.2) is 0 Å². The Labute approximate surface area is 180 Å². The first kappa shape index (κ1) is 21.7. The van der Waals surface area contributed by atoms with Gasteiger partial charge in [0.05, 0.1) is 17.7 Å². The van der Waals surface area contributed by atoms with Gasteiger partial charge in [0, 0.05) is 16.3 Å². The Morgan fingerprint density at radius 3 is 2.27 bits per heavy atom. The minimum atomic E-state index is -3.87. The zero-order chi connectivity index (χ0) is 21.9. The van der Waals surface area contributed by atoms with Crippen LogP contribution in [0.3, 0.4) is 0 Å². The molecule has 6 nitrogen and oxygen atoms in total. The third kappa shape index (κ3) is 4.93.